The molecule has 0 aliphatic heterocycles. The fourth-order valence-corrected chi connectivity index (χ4v) is 4.02. The standard InChI is InChI=1S/C27H34ClN3O3/c1-5-7-11-23(32)18-30(16-6-2)19-26-20(3)29-31(22-10-8-9-21(28)17-22)27(26)34-25-14-12-24(33-4)13-15-25/h5,8-10,12-15,17,23,32H,1,6-7,11,16,18-19H2,2-4H3. The quantitative estimate of drug-likeness (QED) is 0.294. The normalized spacial score (nSPS) is 12.1. The van der Waals surface area contributed by atoms with Crippen molar-refractivity contribution in [3.63, 3.8) is 0 Å². The lowest BCUT2D eigenvalue weighted by Crippen LogP contribution is -2.33. The number of aliphatic hydroxyl groups is 1. The van der Waals surface area contributed by atoms with Gasteiger partial charge in [0.25, 0.3) is 0 Å². The predicted octanol–water partition coefficient (Wildman–Crippen LogP) is 6.17. The number of allylic oxidation sites excluding steroid dienone is 1. The summed E-state index contributed by atoms with van der Waals surface area (Å²) in [7, 11) is 1.64. The first-order chi connectivity index (χ1) is 16.4. The smallest absolute Gasteiger partial charge is 0.227 e. The molecule has 0 amide bonds. The molecule has 2 aromatic carbocycles. The van der Waals surface area contributed by atoms with Gasteiger partial charge >= 0.3 is 0 Å². The van der Waals surface area contributed by atoms with Crippen LogP contribution in [0.1, 0.15) is 37.4 Å². The molecule has 3 rings (SSSR count). The number of methoxy groups -OCH3 is 1. The van der Waals surface area contributed by atoms with Gasteiger partial charge in [-0.2, -0.15) is 5.10 Å². The third kappa shape index (κ3) is 6.86. The molecular formula is C27H34ClN3O3. The lowest BCUT2D eigenvalue weighted by atomic mass is 10.1. The molecule has 0 saturated carbocycles. The summed E-state index contributed by atoms with van der Waals surface area (Å²) < 4.78 is 13.5. The van der Waals surface area contributed by atoms with Crippen molar-refractivity contribution in [1.82, 2.24) is 14.7 Å². The van der Waals surface area contributed by atoms with Gasteiger partial charge in [-0.1, -0.05) is 30.7 Å². The number of aliphatic hydroxyl groups excluding tert-OH is 1. The Labute approximate surface area is 207 Å². The molecule has 7 heteroatoms. The lowest BCUT2D eigenvalue weighted by Gasteiger charge is -2.25. The molecule has 0 bridgehead atoms. The van der Waals surface area contributed by atoms with Gasteiger partial charge in [0, 0.05) is 18.1 Å². The average molecular weight is 484 g/mol. The van der Waals surface area contributed by atoms with Gasteiger partial charge in [-0.3, -0.25) is 4.90 Å². The number of nitrogens with zero attached hydrogens (tertiary/aromatic N) is 3. The zero-order valence-corrected chi connectivity index (χ0v) is 21.0. The highest BCUT2D eigenvalue weighted by atomic mass is 35.5. The van der Waals surface area contributed by atoms with Crippen molar-refractivity contribution in [3.05, 3.63) is 77.5 Å². The first-order valence-corrected chi connectivity index (χ1v) is 12.0. The summed E-state index contributed by atoms with van der Waals surface area (Å²) in [5.41, 5.74) is 2.66. The Morgan fingerprint density at radius 2 is 1.94 bits per heavy atom. The monoisotopic (exact) mass is 483 g/mol. The largest absolute Gasteiger partial charge is 0.497 e. The van der Waals surface area contributed by atoms with Crippen LogP contribution in [0, 0.1) is 6.92 Å². The molecular weight excluding hydrogens is 450 g/mol. The Hall–Kier alpha value is -2.80. The molecule has 1 heterocycles. The number of rotatable bonds is 13. The fourth-order valence-electron chi connectivity index (χ4n) is 3.84. The predicted molar refractivity (Wildman–Crippen MR) is 137 cm³/mol. The summed E-state index contributed by atoms with van der Waals surface area (Å²) in [6, 6.07) is 15.0. The molecule has 0 saturated heterocycles. The zero-order valence-electron chi connectivity index (χ0n) is 20.2. The molecule has 3 aromatic rings. The molecule has 34 heavy (non-hydrogen) atoms. The van der Waals surface area contributed by atoms with Crippen LogP contribution < -0.4 is 9.47 Å². The minimum atomic E-state index is -0.418. The van der Waals surface area contributed by atoms with Crippen LogP contribution in [-0.2, 0) is 6.54 Å². The number of halogens is 1. The molecule has 182 valence electrons. The van der Waals surface area contributed by atoms with Crippen molar-refractivity contribution >= 4 is 11.6 Å². The first kappa shape index (κ1) is 25.8. The second-order valence-electron chi connectivity index (χ2n) is 8.29. The average Bonchev–Trinajstić information content (AvgIpc) is 3.13. The Morgan fingerprint density at radius 1 is 1.21 bits per heavy atom. The van der Waals surface area contributed by atoms with Crippen molar-refractivity contribution in [3.8, 4) is 23.1 Å². The van der Waals surface area contributed by atoms with Crippen LogP contribution in [0.25, 0.3) is 5.69 Å². The van der Waals surface area contributed by atoms with E-state index < -0.39 is 6.10 Å². The Kier molecular flexibility index (Phi) is 9.57. The highest BCUT2D eigenvalue weighted by Gasteiger charge is 2.22. The molecule has 6 nitrogen and oxygen atoms in total. The highest BCUT2D eigenvalue weighted by molar-refractivity contribution is 6.30. The van der Waals surface area contributed by atoms with E-state index in [0.29, 0.717) is 36.2 Å². The third-order valence-electron chi connectivity index (χ3n) is 5.56. The van der Waals surface area contributed by atoms with Gasteiger partial charge in [0.1, 0.15) is 11.5 Å². The summed E-state index contributed by atoms with van der Waals surface area (Å²) in [4.78, 5) is 2.25. The van der Waals surface area contributed by atoms with Crippen LogP contribution >= 0.6 is 11.6 Å². The number of ether oxygens (including phenoxy) is 2. The summed E-state index contributed by atoms with van der Waals surface area (Å²) in [5, 5.41) is 15.9. The van der Waals surface area contributed by atoms with Crippen molar-refractivity contribution in [2.75, 3.05) is 20.2 Å². The van der Waals surface area contributed by atoms with Gasteiger partial charge in [0.2, 0.25) is 5.88 Å². The van der Waals surface area contributed by atoms with Crippen molar-refractivity contribution in [2.45, 2.75) is 45.8 Å². The van der Waals surface area contributed by atoms with Crippen LogP contribution in [0.3, 0.4) is 0 Å². The van der Waals surface area contributed by atoms with E-state index in [1.807, 2.05) is 61.5 Å². The highest BCUT2D eigenvalue weighted by Crippen LogP contribution is 2.33. The molecule has 0 aliphatic carbocycles. The van der Waals surface area contributed by atoms with Crippen LogP contribution in [0.2, 0.25) is 5.02 Å². The van der Waals surface area contributed by atoms with E-state index in [1.165, 1.54) is 0 Å². The van der Waals surface area contributed by atoms with E-state index in [1.54, 1.807) is 11.8 Å². The van der Waals surface area contributed by atoms with Crippen molar-refractivity contribution in [1.29, 1.82) is 0 Å². The van der Waals surface area contributed by atoms with E-state index in [4.69, 9.17) is 26.2 Å². The van der Waals surface area contributed by atoms with Crippen molar-refractivity contribution < 1.29 is 14.6 Å². The second kappa shape index (κ2) is 12.6. The third-order valence-corrected chi connectivity index (χ3v) is 5.79. The number of aryl methyl sites for hydroxylation is 1. The Morgan fingerprint density at radius 3 is 2.59 bits per heavy atom. The van der Waals surface area contributed by atoms with E-state index in [0.717, 1.165) is 42.1 Å². The molecule has 1 atom stereocenters. The van der Waals surface area contributed by atoms with Gasteiger partial charge in [-0.25, -0.2) is 4.68 Å². The van der Waals surface area contributed by atoms with Crippen LogP contribution in [0.4, 0.5) is 0 Å². The maximum Gasteiger partial charge on any atom is 0.227 e. The van der Waals surface area contributed by atoms with E-state index in [-0.39, 0.29) is 0 Å². The topological polar surface area (TPSA) is 59.8 Å². The number of hydrogen-bond donors (Lipinski definition) is 1. The van der Waals surface area contributed by atoms with Crippen LogP contribution in [-0.4, -0.2) is 46.1 Å². The zero-order chi connectivity index (χ0) is 24.5. The van der Waals surface area contributed by atoms with Crippen LogP contribution in [0.5, 0.6) is 17.4 Å². The SMILES string of the molecule is C=CCCC(O)CN(CCC)Cc1c(C)nn(-c2cccc(Cl)c2)c1Oc1ccc(OC)cc1. The minimum absolute atomic E-state index is 0.418. The molecule has 0 radical (unpaired) electrons. The minimum Gasteiger partial charge on any atom is -0.497 e. The van der Waals surface area contributed by atoms with Gasteiger partial charge in [0.05, 0.1) is 30.2 Å². The molecule has 0 spiro atoms. The number of hydrogen-bond acceptors (Lipinski definition) is 5. The molecule has 0 aliphatic rings. The second-order valence-corrected chi connectivity index (χ2v) is 8.73. The van der Waals surface area contributed by atoms with Crippen molar-refractivity contribution in [2.24, 2.45) is 0 Å². The fraction of sp³-hybridized carbons (Fsp3) is 0.370. The van der Waals surface area contributed by atoms with Gasteiger partial charge in [-0.15, -0.1) is 6.58 Å². The molecule has 1 unspecified atom stereocenters. The Bertz CT molecular complexity index is 1070. The number of benzene rings is 2. The van der Waals surface area contributed by atoms with E-state index in [9.17, 15) is 5.11 Å². The van der Waals surface area contributed by atoms with Gasteiger partial charge < -0.3 is 14.6 Å². The van der Waals surface area contributed by atoms with E-state index in [2.05, 4.69) is 18.4 Å². The maximum atomic E-state index is 10.5. The maximum absolute atomic E-state index is 10.5. The van der Waals surface area contributed by atoms with Gasteiger partial charge in [-0.05, 0) is 75.2 Å². The Balaban J connectivity index is 1.97. The van der Waals surface area contributed by atoms with Gasteiger partial charge in [0.15, 0.2) is 0 Å². The van der Waals surface area contributed by atoms with E-state index >= 15 is 0 Å². The molecule has 1 N–H and O–H groups in total. The summed E-state index contributed by atoms with van der Waals surface area (Å²) in [5.74, 6) is 2.07. The summed E-state index contributed by atoms with van der Waals surface area (Å²) >= 11 is 6.27. The summed E-state index contributed by atoms with van der Waals surface area (Å²) in [6.07, 6.45) is 3.88. The summed E-state index contributed by atoms with van der Waals surface area (Å²) in [6.45, 7) is 9.92. The molecule has 1 aromatic heterocycles. The lowest BCUT2D eigenvalue weighted by molar-refractivity contribution is 0.102. The molecule has 0 fully saturated rings. The number of aromatic nitrogens is 2. The first-order valence-electron chi connectivity index (χ1n) is 11.6. The van der Waals surface area contributed by atoms with Crippen LogP contribution in [0.15, 0.2) is 61.2 Å².